The molecule has 0 aromatic heterocycles. The highest BCUT2D eigenvalue weighted by molar-refractivity contribution is 7.19. The highest BCUT2D eigenvalue weighted by Crippen LogP contribution is 2.43. The van der Waals surface area contributed by atoms with Gasteiger partial charge in [0.1, 0.15) is 0 Å². The predicted molar refractivity (Wildman–Crippen MR) is 145 cm³/mol. The molecule has 0 rings (SSSR count). The van der Waals surface area contributed by atoms with Gasteiger partial charge in [-0.05, 0) is 36.8 Å². The molecule has 0 heterocycles. The fourth-order valence-corrected chi connectivity index (χ4v) is 5.86. The van der Waals surface area contributed by atoms with Crippen LogP contribution in [0.25, 0.3) is 0 Å². The summed E-state index contributed by atoms with van der Waals surface area (Å²) in [6.07, 6.45) is 33.2. The summed E-state index contributed by atoms with van der Waals surface area (Å²) < 4.78 is 0. The van der Waals surface area contributed by atoms with Gasteiger partial charge in [-0.1, -0.05) is 150 Å². The van der Waals surface area contributed by atoms with E-state index >= 15 is 0 Å². The molecule has 0 aromatic carbocycles. The van der Waals surface area contributed by atoms with Gasteiger partial charge in [0.15, 0.2) is 0 Å². The molecule has 0 fully saturated rings. The Hall–Kier alpha value is 0.430. The molecule has 30 heavy (non-hydrogen) atoms. The summed E-state index contributed by atoms with van der Waals surface area (Å²) in [5.74, 6) is 0.938. The van der Waals surface area contributed by atoms with E-state index in [0.717, 1.165) is 5.92 Å². The summed E-state index contributed by atoms with van der Waals surface area (Å²) in [5.41, 5.74) is 0. The van der Waals surface area contributed by atoms with Crippen molar-refractivity contribution in [2.45, 2.75) is 181 Å². The van der Waals surface area contributed by atoms with Crippen molar-refractivity contribution < 1.29 is 0 Å². The molecule has 0 radical (unpaired) electrons. The maximum absolute atomic E-state index is 3.40. The molecule has 0 spiro atoms. The first kappa shape index (κ1) is 30.4. The molecule has 1 heteroatoms. The van der Waals surface area contributed by atoms with Crippen LogP contribution in [-0.4, -0.2) is 5.16 Å². The van der Waals surface area contributed by atoms with Crippen LogP contribution in [0.2, 0.25) is 0 Å². The molecule has 0 aliphatic rings. The quantitative estimate of drug-likeness (QED) is 0.103. The van der Waals surface area contributed by atoms with E-state index in [-0.39, 0.29) is 0 Å². The molecular formula is C29H61P. The monoisotopic (exact) mass is 440 g/mol. The number of unbranched alkanes of at least 4 members (excludes halogenated alkanes) is 15. The molecule has 0 aliphatic heterocycles. The van der Waals surface area contributed by atoms with Crippen LogP contribution in [0.4, 0.5) is 0 Å². The largest absolute Gasteiger partial charge is 0.131 e. The Labute approximate surface area is 195 Å². The molecule has 0 aliphatic carbocycles. The second kappa shape index (κ2) is 22.6. The summed E-state index contributed by atoms with van der Waals surface area (Å²) in [6, 6.07) is 0. The SMILES string of the molecule is CCCCCCCCCCCCCCCC(CCCC)C(P)(CCCC)CCCC. The predicted octanol–water partition coefficient (Wildman–Crippen LogP) is 11.3. The minimum atomic E-state index is 0.526. The zero-order chi connectivity index (χ0) is 22.3. The minimum absolute atomic E-state index is 0.526. The Bertz CT molecular complexity index is 316. The Morgan fingerprint density at radius 3 is 1.17 bits per heavy atom. The van der Waals surface area contributed by atoms with Crippen LogP contribution in [0.15, 0.2) is 0 Å². The van der Waals surface area contributed by atoms with E-state index in [0.29, 0.717) is 5.16 Å². The van der Waals surface area contributed by atoms with Crippen molar-refractivity contribution in [3.05, 3.63) is 0 Å². The maximum atomic E-state index is 3.40. The van der Waals surface area contributed by atoms with Gasteiger partial charge in [-0.2, -0.15) is 0 Å². The van der Waals surface area contributed by atoms with Crippen molar-refractivity contribution in [2.75, 3.05) is 0 Å². The molecule has 0 bridgehead atoms. The van der Waals surface area contributed by atoms with E-state index in [9.17, 15) is 0 Å². The van der Waals surface area contributed by atoms with Crippen molar-refractivity contribution in [3.8, 4) is 0 Å². The average molecular weight is 441 g/mol. The average Bonchev–Trinajstić information content (AvgIpc) is 2.76. The lowest BCUT2D eigenvalue weighted by atomic mass is 9.77. The number of rotatable bonds is 24. The highest BCUT2D eigenvalue weighted by atomic mass is 31.0. The zero-order valence-electron chi connectivity index (χ0n) is 21.9. The fourth-order valence-electron chi connectivity index (χ4n) is 5.12. The summed E-state index contributed by atoms with van der Waals surface area (Å²) in [4.78, 5) is 0. The Morgan fingerprint density at radius 2 is 0.767 bits per heavy atom. The van der Waals surface area contributed by atoms with Gasteiger partial charge in [0.25, 0.3) is 0 Å². The van der Waals surface area contributed by atoms with Crippen molar-refractivity contribution in [1.29, 1.82) is 0 Å². The van der Waals surface area contributed by atoms with Crippen LogP contribution in [0.3, 0.4) is 0 Å². The van der Waals surface area contributed by atoms with Crippen LogP contribution in [0.5, 0.6) is 0 Å². The first-order chi connectivity index (χ1) is 14.6. The van der Waals surface area contributed by atoms with Gasteiger partial charge in [0.2, 0.25) is 0 Å². The third-order valence-electron chi connectivity index (χ3n) is 7.37. The van der Waals surface area contributed by atoms with Crippen molar-refractivity contribution in [1.82, 2.24) is 0 Å². The van der Waals surface area contributed by atoms with Crippen molar-refractivity contribution in [3.63, 3.8) is 0 Å². The fraction of sp³-hybridized carbons (Fsp3) is 1.00. The van der Waals surface area contributed by atoms with Crippen LogP contribution in [0.1, 0.15) is 175 Å². The molecule has 182 valence electrons. The Kier molecular flexibility index (Phi) is 22.9. The van der Waals surface area contributed by atoms with Gasteiger partial charge in [0, 0.05) is 0 Å². The Balaban J connectivity index is 4.02. The molecule has 2 unspecified atom stereocenters. The molecule has 0 saturated heterocycles. The third kappa shape index (κ3) is 17.0. The van der Waals surface area contributed by atoms with E-state index in [1.165, 1.54) is 148 Å². The highest BCUT2D eigenvalue weighted by Gasteiger charge is 2.32. The summed E-state index contributed by atoms with van der Waals surface area (Å²) in [7, 11) is 3.40. The van der Waals surface area contributed by atoms with E-state index in [1.807, 2.05) is 0 Å². The van der Waals surface area contributed by atoms with Crippen LogP contribution in [-0.2, 0) is 0 Å². The molecule has 0 aromatic rings. The molecular weight excluding hydrogens is 379 g/mol. The van der Waals surface area contributed by atoms with Gasteiger partial charge < -0.3 is 0 Å². The second-order valence-electron chi connectivity index (χ2n) is 10.3. The van der Waals surface area contributed by atoms with Crippen molar-refractivity contribution in [2.24, 2.45) is 5.92 Å². The van der Waals surface area contributed by atoms with Gasteiger partial charge in [-0.25, -0.2) is 0 Å². The molecule has 2 atom stereocenters. The maximum Gasteiger partial charge on any atom is -0.0122 e. The molecule has 0 amide bonds. The minimum Gasteiger partial charge on any atom is -0.131 e. The van der Waals surface area contributed by atoms with Crippen LogP contribution >= 0.6 is 9.24 Å². The Morgan fingerprint density at radius 1 is 0.433 bits per heavy atom. The lowest BCUT2D eigenvalue weighted by Crippen LogP contribution is -2.32. The van der Waals surface area contributed by atoms with E-state index in [2.05, 4.69) is 36.9 Å². The third-order valence-corrected chi connectivity index (χ3v) is 8.42. The summed E-state index contributed by atoms with van der Waals surface area (Å²) in [5, 5.41) is 0.526. The summed E-state index contributed by atoms with van der Waals surface area (Å²) in [6.45, 7) is 9.39. The lowest BCUT2D eigenvalue weighted by Gasteiger charge is -2.39. The van der Waals surface area contributed by atoms with Crippen LogP contribution in [0, 0.1) is 5.92 Å². The standard InChI is InChI=1S/C29H61P/c1-5-9-13-14-15-16-17-18-19-20-21-22-23-25-28(24-10-6-2)29(30,26-11-7-3)27-12-8-4/h28H,5-27,30H2,1-4H3. The number of hydrogen-bond donors (Lipinski definition) is 0. The summed E-state index contributed by atoms with van der Waals surface area (Å²) >= 11 is 0. The van der Waals surface area contributed by atoms with Gasteiger partial charge in [-0.15, -0.1) is 9.24 Å². The second-order valence-corrected chi connectivity index (χ2v) is 11.5. The van der Waals surface area contributed by atoms with Crippen molar-refractivity contribution >= 4 is 9.24 Å². The normalized spacial score (nSPS) is 13.1. The molecule has 0 saturated carbocycles. The van der Waals surface area contributed by atoms with Crippen LogP contribution < -0.4 is 0 Å². The van der Waals surface area contributed by atoms with Gasteiger partial charge >= 0.3 is 0 Å². The van der Waals surface area contributed by atoms with Gasteiger partial charge in [-0.3, -0.25) is 0 Å². The first-order valence-electron chi connectivity index (χ1n) is 14.4. The first-order valence-corrected chi connectivity index (χ1v) is 15.0. The zero-order valence-corrected chi connectivity index (χ0v) is 23.1. The topological polar surface area (TPSA) is 0 Å². The molecule has 0 N–H and O–H groups in total. The van der Waals surface area contributed by atoms with Gasteiger partial charge in [0.05, 0.1) is 0 Å². The number of hydrogen-bond acceptors (Lipinski definition) is 0. The van der Waals surface area contributed by atoms with E-state index < -0.39 is 0 Å². The van der Waals surface area contributed by atoms with E-state index in [1.54, 1.807) is 0 Å². The smallest absolute Gasteiger partial charge is 0.0122 e. The van der Waals surface area contributed by atoms with E-state index in [4.69, 9.17) is 0 Å². The lowest BCUT2D eigenvalue weighted by molar-refractivity contribution is 0.274. The molecule has 0 nitrogen and oxygen atoms in total.